The molecule has 104 valence electrons. The highest BCUT2D eigenvalue weighted by Gasteiger charge is 2.33. The molecule has 0 spiro atoms. The number of nitrogens with zero attached hydrogens (tertiary/aromatic N) is 1. The maximum atomic E-state index is 12.3. The molecule has 1 heterocycles. The fraction of sp³-hybridized carbons (Fsp3) is 0.462. The van der Waals surface area contributed by atoms with Crippen molar-refractivity contribution >= 4 is 15.9 Å². The zero-order valence-electron chi connectivity index (χ0n) is 10.8. The second-order valence-corrected chi connectivity index (χ2v) is 6.59. The molecule has 1 aromatic carbocycles. The van der Waals surface area contributed by atoms with Crippen molar-refractivity contribution in [2.75, 3.05) is 19.4 Å². The van der Waals surface area contributed by atoms with Gasteiger partial charge < -0.3 is 9.64 Å². The maximum absolute atomic E-state index is 12.3. The molecule has 0 radical (unpaired) electrons. The minimum absolute atomic E-state index is 0.0495. The summed E-state index contributed by atoms with van der Waals surface area (Å²) in [5, 5.41) is 0. The Morgan fingerprint density at radius 1 is 1.37 bits per heavy atom. The molecule has 0 aromatic heterocycles. The topological polar surface area (TPSA) is 63.7 Å². The largest absolute Gasteiger partial charge is 0.453 e. The normalized spacial score (nSPS) is 19.4. The second kappa shape index (κ2) is 5.61. The van der Waals surface area contributed by atoms with Crippen LogP contribution in [0.3, 0.4) is 0 Å². The van der Waals surface area contributed by atoms with Crippen LogP contribution in [-0.2, 0) is 14.6 Å². The zero-order valence-corrected chi connectivity index (χ0v) is 11.6. The van der Waals surface area contributed by atoms with Crippen LogP contribution < -0.4 is 0 Å². The quantitative estimate of drug-likeness (QED) is 0.847. The molecular formula is C13H17NO4S. The van der Waals surface area contributed by atoms with Gasteiger partial charge in [-0.15, -0.1) is 0 Å². The van der Waals surface area contributed by atoms with Gasteiger partial charge in [0.05, 0.1) is 17.8 Å². The fourth-order valence-corrected chi connectivity index (χ4v) is 3.96. The van der Waals surface area contributed by atoms with E-state index < -0.39 is 15.9 Å². The molecule has 1 aromatic rings. The Balaban J connectivity index is 2.14. The van der Waals surface area contributed by atoms with Crippen LogP contribution in [0.15, 0.2) is 35.2 Å². The lowest BCUT2D eigenvalue weighted by Gasteiger charge is -2.22. The van der Waals surface area contributed by atoms with Crippen LogP contribution in [0, 0.1) is 0 Å². The van der Waals surface area contributed by atoms with Crippen molar-refractivity contribution < 1.29 is 17.9 Å². The minimum Gasteiger partial charge on any atom is -0.453 e. The standard InChI is InChI=1S/C13H17NO4S/c1-18-13(15)14-9-5-6-11(14)10-19(16,17)12-7-3-2-4-8-12/h2-4,7-8,11H,5-6,9-10H2,1H3. The lowest BCUT2D eigenvalue weighted by molar-refractivity contribution is 0.122. The number of rotatable bonds is 3. The predicted molar refractivity (Wildman–Crippen MR) is 70.6 cm³/mol. The average molecular weight is 283 g/mol. The highest BCUT2D eigenvalue weighted by Crippen LogP contribution is 2.22. The monoisotopic (exact) mass is 283 g/mol. The summed E-state index contributed by atoms with van der Waals surface area (Å²) >= 11 is 0. The van der Waals surface area contributed by atoms with Crippen LogP contribution in [-0.4, -0.2) is 44.9 Å². The van der Waals surface area contributed by atoms with Gasteiger partial charge in [-0.2, -0.15) is 0 Å². The first-order valence-electron chi connectivity index (χ1n) is 6.17. The molecular weight excluding hydrogens is 266 g/mol. The number of amides is 1. The van der Waals surface area contributed by atoms with Gasteiger partial charge in [-0.25, -0.2) is 13.2 Å². The molecule has 1 saturated heterocycles. The van der Waals surface area contributed by atoms with Crippen LogP contribution in [0.5, 0.6) is 0 Å². The third-order valence-electron chi connectivity index (χ3n) is 3.30. The summed E-state index contributed by atoms with van der Waals surface area (Å²) in [5.74, 6) is -0.0495. The van der Waals surface area contributed by atoms with Crippen LogP contribution in [0.25, 0.3) is 0 Å². The van der Waals surface area contributed by atoms with Gasteiger partial charge in [0.15, 0.2) is 9.84 Å². The summed E-state index contributed by atoms with van der Waals surface area (Å²) in [6.07, 6.45) is 1.05. The summed E-state index contributed by atoms with van der Waals surface area (Å²) in [6, 6.07) is 8.02. The molecule has 0 saturated carbocycles. The Morgan fingerprint density at radius 2 is 2.05 bits per heavy atom. The lowest BCUT2D eigenvalue weighted by Crippen LogP contribution is -2.39. The van der Waals surface area contributed by atoms with Gasteiger partial charge in [0, 0.05) is 12.6 Å². The Morgan fingerprint density at radius 3 is 2.68 bits per heavy atom. The third-order valence-corrected chi connectivity index (χ3v) is 5.11. The van der Waals surface area contributed by atoms with Gasteiger partial charge in [0.2, 0.25) is 0 Å². The smallest absolute Gasteiger partial charge is 0.409 e. The van der Waals surface area contributed by atoms with E-state index >= 15 is 0 Å². The van der Waals surface area contributed by atoms with Crippen molar-refractivity contribution in [1.29, 1.82) is 0 Å². The summed E-state index contributed by atoms with van der Waals surface area (Å²) < 4.78 is 29.2. The van der Waals surface area contributed by atoms with E-state index in [4.69, 9.17) is 0 Å². The number of ether oxygens (including phenoxy) is 1. The number of hydrogen-bond acceptors (Lipinski definition) is 4. The van der Waals surface area contributed by atoms with Crippen molar-refractivity contribution in [2.45, 2.75) is 23.8 Å². The molecule has 1 fully saturated rings. The predicted octanol–water partition coefficient (Wildman–Crippen LogP) is 1.69. The van der Waals surface area contributed by atoms with Crippen molar-refractivity contribution in [3.63, 3.8) is 0 Å². The maximum Gasteiger partial charge on any atom is 0.409 e. The molecule has 1 aliphatic rings. The summed E-state index contributed by atoms with van der Waals surface area (Å²) in [5.41, 5.74) is 0. The van der Waals surface area contributed by atoms with Crippen molar-refractivity contribution in [1.82, 2.24) is 4.90 Å². The van der Waals surface area contributed by atoms with Crippen molar-refractivity contribution in [3.05, 3.63) is 30.3 Å². The summed E-state index contributed by atoms with van der Waals surface area (Å²) in [7, 11) is -2.06. The lowest BCUT2D eigenvalue weighted by atomic mass is 10.2. The van der Waals surface area contributed by atoms with E-state index in [9.17, 15) is 13.2 Å². The second-order valence-electron chi connectivity index (χ2n) is 4.55. The molecule has 19 heavy (non-hydrogen) atoms. The van der Waals surface area contributed by atoms with E-state index in [-0.39, 0.29) is 11.8 Å². The number of methoxy groups -OCH3 is 1. The average Bonchev–Trinajstić information content (AvgIpc) is 2.86. The van der Waals surface area contributed by atoms with Gasteiger partial charge in [-0.05, 0) is 25.0 Å². The molecule has 1 amide bonds. The van der Waals surface area contributed by atoms with E-state index in [1.807, 2.05) is 0 Å². The van der Waals surface area contributed by atoms with E-state index in [1.165, 1.54) is 12.0 Å². The van der Waals surface area contributed by atoms with Crippen LogP contribution in [0.4, 0.5) is 4.79 Å². The van der Waals surface area contributed by atoms with Crippen molar-refractivity contribution in [3.8, 4) is 0 Å². The molecule has 0 bridgehead atoms. The number of sulfone groups is 1. The van der Waals surface area contributed by atoms with Gasteiger partial charge in [0.25, 0.3) is 0 Å². The summed E-state index contributed by atoms with van der Waals surface area (Å²) in [6.45, 7) is 0.557. The van der Waals surface area contributed by atoms with E-state index in [2.05, 4.69) is 4.74 Å². The molecule has 6 heteroatoms. The first-order chi connectivity index (χ1) is 9.04. The van der Waals surface area contributed by atoms with E-state index in [0.29, 0.717) is 17.9 Å². The van der Waals surface area contributed by atoms with Gasteiger partial charge in [-0.3, -0.25) is 0 Å². The Hall–Kier alpha value is -1.56. The molecule has 1 unspecified atom stereocenters. The van der Waals surface area contributed by atoms with Crippen LogP contribution in [0.1, 0.15) is 12.8 Å². The summed E-state index contributed by atoms with van der Waals surface area (Å²) in [4.78, 5) is 13.4. The molecule has 5 nitrogen and oxygen atoms in total. The first-order valence-corrected chi connectivity index (χ1v) is 7.82. The minimum atomic E-state index is -3.37. The molecule has 2 rings (SSSR count). The number of carbonyl (C=O) groups excluding carboxylic acids is 1. The Labute approximate surface area is 113 Å². The Kier molecular flexibility index (Phi) is 4.09. The van der Waals surface area contributed by atoms with Gasteiger partial charge in [-0.1, -0.05) is 18.2 Å². The number of benzene rings is 1. The Bertz CT molecular complexity index is 541. The molecule has 0 N–H and O–H groups in total. The first kappa shape index (κ1) is 13.9. The van der Waals surface area contributed by atoms with Crippen molar-refractivity contribution in [2.24, 2.45) is 0 Å². The number of carbonyl (C=O) groups is 1. The number of hydrogen-bond donors (Lipinski definition) is 0. The molecule has 1 aliphatic heterocycles. The SMILES string of the molecule is COC(=O)N1CCCC1CS(=O)(=O)c1ccccc1. The number of likely N-dealkylation sites (tertiary alicyclic amines) is 1. The highest BCUT2D eigenvalue weighted by molar-refractivity contribution is 7.91. The van der Waals surface area contributed by atoms with Gasteiger partial charge >= 0.3 is 6.09 Å². The molecule has 0 aliphatic carbocycles. The van der Waals surface area contributed by atoms with E-state index in [0.717, 1.165) is 6.42 Å². The fourth-order valence-electron chi connectivity index (χ4n) is 2.34. The van der Waals surface area contributed by atoms with Crippen LogP contribution >= 0.6 is 0 Å². The third kappa shape index (κ3) is 3.07. The highest BCUT2D eigenvalue weighted by atomic mass is 32.2. The van der Waals surface area contributed by atoms with Crippen LogP contribution in [0.2, 0.25) is 0 Å². The molecule has 1 atom stereocenters. The van der Waals surface area contributed by atoms with Gasteiger partial charge in [0.1, 0.15) is 0 Å². The zero-order chi connectivity index (χ0) is 13.9. The van der Waals surface area contributed by atoms with E-state index in [1.54, 1.807) is 30.3 Å².